The van der Waals surface area contributed by atoms with Crippen LogP contribution in [0.1, 0.15) is 13.8 Å². The van der Waals surface area contributed by atoms with Crippen LogP contribution in [-0.4, -0.2) is 43.4 Å². The molecular formula is C10H15N7O2S. The number of aromatic nitrogens is 6. The van der Waals surface area contributed by atoms with Gasteiger partial charge in [0.2, 0.25) is 11.1 Å². The molecule has 0 radical (unpaired) electrons. The van der Waals surface area contributed by atoms with Crippen molar-refractivity contribution in [2.75, 3.05) is 19.0 Å². The number of ether oxygens (including phenoxy) is 1. The van der Waals surface area contributed by atoms with Crippen molar-refractivity contribution in [3.63, 3.8) is 0 Å². The highest BCUT2D eigenvalue weighted by Crippen LogP contribution is 2.23. The lowest BCUT2D eigenvalue weighted by Crippen LogP contribution is -2.16. The van der Waals surface area contributed by atoms with Crippen LogP contribution in [0.15, 0.2) is 15.1 Å². The molecule has 0 unspecified atom stereocenters. The van der Waals surface area contributed by atoms with Gasteiger partial charge in [-0.05, 0) is 25.6 Å². The Morgan fingerprint density at radius 3 is 2.80 bits per heavy atom. The van der Waals surface area contributed by atoms with Gasteiger partial charge in [-0.1, -0.05) is 0 Å². The second-order valence-electron chi connectivity index (χ2n) is 3.56. The van der Waals surface area contributed by atoms with E-state index < -0.39 is 0 Å². The lowest BCUT2D eigenvalue weighted by Gasteiger charge is -2.06. The molecule has 2 aromatic heterocycles. The quantitative estimate of drug-likeness (QED) is 0.786. The third kappa shape index (κ3) is 3.07. The van der Waals surface area contributed by atoms with E-state index in [1.165, 1.54) is 16.3 Å². The fourth-order valence-electron chi connectivity index (χ4n) is 1.43. The van der Waals surface area contributed by atoms with Crippen LogP contribution in [-0.2, 0) is 6.54 Å². The van der Waals surface area contributed by atoms with E-state index in [1.807, 2.05) is 13.8 Å². The van der Waals surface area contributed by atoms with Crippen molar-refractivity contribution in [1.82, 2.24) is 29.7 Å². The summed E-state index contributed by atoms with van der Waals surface area (Å²) in [5.74, 6) is 0.395. The predicted molar refractivity (Wildman–Crippen MR) is 73.2 cm³/mol. The summed E-state index contributed by atoms with van der Waals surface area (Å²) in [5.41, 5.74) is -0.261. The smallest absolute Gasteiger partial charge is 0.343 e. The standard InChI is InChI=1S/C10H15N7O2S/c1-4-17-9(18)15-16-10(17)20-8-13-6(11-3)12-7(14-8)19-5-2/h4-5H2,1-3H3,(H,15,18)(H,11,12,13,14). The number of rotatable bonds is 6. The fourth-order valence-corrected chi connectivity index (χ4v) is 2.26. The average Bonchev–Trinajstić information content (AvgIpc) is 2.79. The van der Waals surface area contributed by atoms with Gasteiger partial charge in [-0.3, -0.25) is 4.57 Å². The van der Waals surface area contributed by atoms with Crippen LogP contribution >= 0.6 is 11.8 Å². The highest BCUT2D eigenvalue weighted by atomic mass is 32.2. The summed E-state index contributed by atoms with van der Waals surface area (Å²) in [5, 5.41) is 10.1. The minimum atomic E-state index is -0.261. The predicted octanol–water partition coefficient (Wildman–Crippen LogP) is 0.368. The van der Waals surface area contributed by atoms with Gasteiger partial charge in [-0.15, -0.1) is 5.10 Å². The molecule has 0 aromatic carbocycles. The molecule has 0 atom stereocenters. The largest absolute Gasteiger partial charge is 0.464 e. The number of nitrogens with zero attached hydrogens (tertiary/aromatic N) is 5. The third-order valence-corrected chi connectivity index (χ3v) is 3.17. The summed E-state index contributed by atoms with van der Waals surface area (Å²) in [6.07, 6.45) is 0. The van der Waals surface area contributed by atoms with Crippen molar-refractivity contribution in [3.05, 3.63) is 10.5 Å². The SMILES string of the molecule is CCOc1nc(NC)nc(Sc2n[nH]c(=O)n2CC)n1. The van der Waals surface area contributed by atoms with Crippen molar-refractivity contribution in [2.45, 2.75) is 30.7 Å². The van der Waals surface area contributed by atoms with Crippen LogP contribution in [0, 0.1) is 0 Å². The minimum absolute atomic E-state index is 0.232. The van der Waals surface area contributed by atoms with E-state index in [9.17, 15) is 4.79 Å². The van der Waals surface area contributed by atoms with Crippen LogP contribution < -0.4 is 15.7 Å². The Kier molecular flexibility index (Phi) is 4.56. The van der Waals surface area contributed by atoms with Gasteiger partial charge in [-0.2, -0.15) is 15.0 Å². The molecule has 9 nitrogen and oxygen atoms in total. The molecule has 0 aliphatic carbocycles. The van der Waals surface area contributed by atoms with Crippen molar-refractivity contribution >= 4 is 17.7 Å². The van der Waals surface area contributed by atoms with Crippen molar-refractivity contribution in [3.8, 4) is 6.01 Å². The van der Waals surface area contributed by atoms with E-state index in [1.54, 1.807) is 7.05 Å². The highest BCUT2D eigenvalue weighted by Gasteiger charge is 2.13. The maximum atomic E-state index is 11.5. The average molecular weight is 297 g/mol. The minimum Gasteiger partial charge on any atom is -0.464 e. The van der Waals surface area contributed by atoms with Gasteiger partial charge in [0.15, 0.2) is 5.16 Å². The molecule has 0 fully saturated rings. The zero-order valence-electron chi connectivity index (χ0n) is 11.4. The normalized spacial score (nSPS) is 10.6. The Bertz CT molecular complexity index is 639. The first-order valence-corrected chi connectivity index (χ1v) is 6.89. The summed E-state index contributed by atoms with van der Waals surface area (Å²) in [6, 6.07) is 0.232. The number of anilines is 1. The zero-order valence-corrected chi connectivity index (χ0v) is 12.2. The van der Waals surface area contributed by atoms with E-state index in [4.69, 9.17) is 4.74 Å². The molecule has 2 heterocycles. The molecule has 0 aliphatic heterocycles. The molecule has 0 spiro atoms. The fraction of sp³-hybridized carbons (Fsp3) is 0.500. The van der Waals surface area contributed by atoms with Gasteiger partial charge in [0.1, 0.15) is 0 Å². The molecular weight excluding hydrogens is 282 g/mol. The summed E-state index contributed by atoms with van der Waals surface area (Å²) in [7, 11) is 1.70. The molecule has 108 valence electrons. The Balaban J connectivity index is 2.32. The van der Waals surface area contributed by atoms with E-state index in [0.29, 0.717) is 29.4 Å². The van der Waals surface area contributed by atoms with Crippen molar-refractivity contribution in [1.29, 1.82) is 0 Å². The lowest BCUT2D eigenvalue weighted by atomic mass is 10.7. The van der Waals surface area contributed by atoms with Crippen molar-refractivity contribution in [2.24, 2.45) is 0 Å². The molecule has 2 N–H and O–H groups in total. The van der Waals surface area contributed by atoms with Crippen LogP contribution in [0.3, 0.4) is 0 Å². The van der Waals surface area contributed by atoms with Gasteiger partial charge >= 0.3 is 11.7 Å². The summed E-state index contributed by atoms with van der Waals surface area (Å²) in [6.45, 7) is 4.68. The van der Waals surface area contributed by atoms with E-state index in [0.717, 1.165) is 0 Å². The van der Waals surface area contributed by atoms with E-state index >= 15 is 0 Å². The molecule has 0 bridgehead atoms. The summed E-state index contributed by atoms with van der Waals surface area (Å²) in [4.78, 5) is 23.9. The van der Waals surface area contributed by atoms with Gasteiger partial charge in [0, 0.05) is 13.6 Å². The Hall–Kier alpha value is -2.10. The topological polar surface area (TPSA) is 111 Å². The van der Waals surface area contributed by atoms with E-state index in [2.05, 4.69) is 30.5 Å². The van der Waals surface area contributed by atoms with Crippen LogP contribution in [0.2, 0.25) is 0 Å². The van der Waals surface area contributed by atoms with Gasteiger partial charge in [0.25, 0.3) is 0 Å². The molecule has 0 saturated heterocycles. The Labute approximate surface area is 119 Å². The molecule has 2 aromatic rings. The van der Waals surface area contributed by atoms with Gasteiger partial charge in [-0.25, -0.2) is 9.89 Å². The third-order valence-electron chi connectivity index (χ3n) is 2.31. The molecule has 0 amide bonds. The molecule has 10 heteroatoms. The van der Waals surface area contributed by atoms with Gasteiger partial charge < -0.3 is 10.1 Å². The molecule has 0 saturated carbocycles. The number of hydrogen-bond donors (Lipinski definition) is 2. The number of hydrogen-bond acceptors (Lipinski definition) is 8. The second-order valence-corrected chi connectivity index (χ2v) is 4.50. The number of aromatic amines is 1. The first-order valence-electron chi connectivity index (χ1n) is 6.07. The van der Waals surface area contributed by atoms with Gasteiger partial charge in [0.05, 0.1) is 6.61 Å². The summed E-state index contributed by atoms with van der Waals surface area (Å²) >= 11 is 1.17. The number of nitrogens with one attached hydrogen (secondary N) is 2. The zero-order chi connectivity index (χ0) is 14.5. The maximum Gasteiger partial charge on any atom is 0.343 e. The monoisotopic (exact) mass is 297 g/mol. The Morgan fingerprint density at radius 1 is 1.35 bits per heavy atom. The Morgan fingerprint density at radius 2 is 2.15 bits per heavy atom. The molecule has 20 heavy (non-hydrogen) atoms. The van der Waals surface area contributed by atoms with E-state index in [-0.39, 0.29) is 11.7 Å². The van der Waals surface area contributed by atoms with Crippen LogP contribution in [0.4, 0.5) is 5.95 Å². The van der Waals surface area contributed by atoms with Crippen molar-refractivity contribution < 1.29 is 4.74 Å². The first-order chi connectivity index (χ1) is 9.67. The van der Waals surface area contributed by atoms with Crippen LogP contribution in [0.5, 0.6) is 6.01 Å². The lowest BCUT2D eigenvalue weighted by molar-refractivity contribution is 0.308. The highest BCUT2D eigenvalue weighted by molar-refractivity contribution is 7.99. The number of H-pyrrole nitrogens is 1. The second kappa shape index (κ2) is 6.37. The first kappa shape index (κ1) is 14.3. The molecule has 2 rings (SSSR count). The summed E-state index contributed by atoms with van der Waals surface area (Å²) < 4.78 is 6.77. The maximum absolute atomic E-state index is 11.5. The van der Waals surface area contributed by atoms with Crippen LogP contribution in [0.25, 0.3) is 0 Å². The molecule has 0 aliphatic rings.